The van der Waals surface area contributed by atoms with Gasteiger partial charge in [0, 0.05) is 16.9 Å². The molecule has 0 aliphatic rings. The summed E-state index contributed by atoms with van der Waals surface area (Å²) >= 11 is 1.77. The van der Waals surface area contributed by atoms with Crippen molar-refractivity contribution >= 4 is 11.8 Å². The molecule has 1 rings (SSSR count). The lowest BCUT2D eigenvalue weighted by Gasteiger charge is -2.24. The van der Waals surface area contributed by atoms with Crippen LogP contribution in [-0.2, 0) is 12.2 Å². The smallest absolute Gasteiger partial charge is 0.138 e. The molecule has 1 aromatic rings. The Bertz CT molecular complexity index is 415. The molecular weight excluding hydrogens is 266 g/mol. The molecule has 0 spiro atoms. The normalized spacial score (nSPS) is 13.6. The molecule has 1 heterocycles. The molecule has 0 radical (unpaired) electrons. The SMILES string of the molecule is CSCc1nc(C)c(CC(C)CNC(C)(C)C)c(C)n1. The molecule has 0 bridgehead atoms. The molecule has 0 aliphatic heterocycles. The lowest BCUT2D eigenvalue weighted by atomic mass is 9.97. The maximum Gasteiger partial charge on any atom is 0.138 e. The zero-order valence-corrected chi connectivity index (χ0v) is 14.8. The van der Waals surface area contributed by atoms with Crippen LogP contribution in [0.15, 0.2) is 0 Å². The number of thioether (sulfide) groups is 1. The van der Waals surface area contributed by atoms with E-state index in [1.54, 1.807) is 11.8 Å². The summed E-state index contributed by atoms with van der Waals surface area (Å²) in [5, 5.41) is 3.57. The highest BCUT2D eigenvalue weighted by Gasteiger charge is 2.15. The maximum absolute atomic E-state index is 4.63. The number of rotatable bonds is 6. The molecule has 3 nitrogen and oxygen atoms in total. The Morgan fingerprint density at radius 3 is 2.15 bits per heavy atom. The van der Waals surface area contributed by atoms with Crippen LogP contribution in [0.5, 0.6) is 0 Å². The highest BCUT2D eigenvalue weighted by atomic mass is 32.2. The first kappa shape index (κ1) is 17.4. The lowest BCUT2D eigenvalue weighted by Crippen LogP contribution is -2.39. The van der Waals surface area contributed by atoms with E-state index < -0.39 is 0 Å². The van der Waals surface area contributed by atoms with Crippen molar-refractivity contribution in [3.63, 3.8) is 0 Å². The minimum absolute atomic E-state index is 0.178. The summed E-state index contributed by atoms with van der Waals surface area (Å²) in [4.78, 5) is 9.27. The fourth-order valence-corrected chi connectivity index (χ4v) is 2.59. The zero-order chi connectivity index (χ0) is 15.3. The summed E-state index contributed by atoms with van der Waals surface area (Å²) in [7, 11) is 0. The highest BCUT2D eigenvalue weighted by Crippen LogP contribution is 2.17. The number of hydrogen-bond donors (Lipinski definition) is 1. The Hall–Kier alpha value is -0.610. The van der Waals surface area contributed by atoms with Gasteiger partial charge in [-0.2, -0.15) is 11.8 Å². The first-order chi connectivity index (χ1) is 9.23. The van der Waals surface area contributed by atoms with Crippen molar-refractivity contribution in [3.8, 4) is 0 Å². The topological polar surface area (TPSA) is 37.8 Å². The molecule has 1 N–H and O–H groups in total. The van der Waals surface area contributed by atoms with E-state index >= 15 is 0 Å². The van der Waals surface area contributed by atoms with Gasteiger partial charge in [0.15, 0.2) is 0 Å². The molecule has 114 valence electrons. The molecule has 0 aromatic carbocycles. The molecule has 4 heteroatoms. The van der Waals surface area contributed by atoms with Crippen LogP contribution in [0, 0.1) is 19.8 Å². The fourth-order valence-electron chi connectivity index (χ4n) is 2.20. The van der Waals surface area contributed by atoms with E-state index in [4.69, 9.17) is 0 Å². The molecule has 1 unspecified atom stereocenters. The Labute approximate surface area is 128 Å². The van der Waals surface area contributed by atoms with Crippen molar-refractivity contribution in [1.82, 2.24) is 15.3 Å². The Kier molecular flexibility index (Phi) is 6.46. The number of aromatic nitrogens is 2. The van der Waals surface area contributed by atoms with Gasteiger partial charge in [0.05, 0.1) is 5.75 Å². The summed E-state index contributed by atoms with van der Waals surface area (Å²) in [6, 6.07) is 0. The predicted molar refractivity (Wildman–Crippen MR) is 89.3 cm³/mol. The molecule has 0 fully saturated rings. The van der Waals surface area contributed by atoms with E-state index in [9.17, 15) is 0 Å². The average molecular weight is 295 g/mol. The number of aryl methyl sites for hydroxylation is 2. The van der Waals surface area contributed by atoms with Crippen molar-refractivity contribution in [1.29, 1.82) is 0 Å². The Balaban J connectivity index is 2.72. The molecule has 0 aliphatic carbocycles. The van der Waals surface area contributed by atoms with Crippen LogP contribution >= 0.6 is 11.8 Å². The molecule has 0 amide bonds. The summed E-state index contributed by atoms with van der Waals surface area (Å²) < 4.78 is 0. The molecular formula is C16H29N3S. The summed E-state index contributed by atoms with van der Waals surface area (Å²) in [5.41, 5.74) is 3.78. The van der Waals surface area contributed by atoms with E-state index in [2.05, 4.69) is 63.1 Å². The summed E-state index contributed by atoms with van der Waals surface area (Å²) in [6.07, 6.45) is 3.13. The van der Waals surface area contributed by atoms with Crippen LogP contribution in [0.2, 0.25) is 0 Å². The van der Waals surface area contributed by atoms with Gasteiger partial charge in [0.2, 0.25) is 0 Å². The highest BCUT2D eigenvalue weighted by molar-refractivity contribution is 7.97. The fraction of sp³-hybridized carbons (Fsp3) is 0.750. The van der Waals surface area contributed by atoms with E-state index in [0.29, 0.717) is 5.92 Å². The average Bonchev–Trinajstić information content (AvgIpc) is 2.31. The largest absolute Gasteiger partial charge is 0.312 e. The van der Waals surface area contributed by atoms with Gasteiger partial charge in [-0.15, -0.1) is 0 Å². The monoisotopic (exact) mass is 295 g/mol. The minimum atomic E-state index is 0.178. The van der Waals surface area contributed by atoms with Gasteiger partial charge in [-0.3, -0.25) is 0 Å². The standard InChI is InChI=1S/C16H29N3S/c1-11(9-17-16(4,5)6)8-14-12(2)18-15(10-20-7)19-13(14)3/h11,17H,8-10H2,1-7H3. The predicted octanol–water partition coefficient (Wildman–Crippen LogP) is 3.52. The lowest BCUT2D eigenvalue weighted by molar-refractivity contribution is 0.381. The van der Waals surface area contributed by atoms with Crippen LogP contribution in [0.25, 0.3) is 0 Å². The number of nitrogens with one attached hydrogen (secondary N) is 1. The second-order valence-electron chi connectivity index (χ2n) is 6.66. The number of nitrogens with zero attached hydrogens (tertiary/aromatic N) is 2. The van der Waals surface area contributed by atoms with Crippen molar-refractivity contribution < 1.29 is 0 Å². The van der Waals surface area contributed by atoms with Gasteiger partial charge in [-0.05, 0) is 65.3 Å². The Morgan fingerprint density at radius 2 is 1.70 bits per heavy atom. The third-order valence-electron chi connectivity index (χ3n) is 3.27. The second kappa shape index (κ2) is 7.41. The number of hydrogen-bond acceptors (Lipinski definition) is 4. The third-order valence-corrected chi connectivity index (χ3v) is 3.82. The Morgan fingerprint density at radius 1 is 1.15 bits per heavy atom. The van der Waals surface area contributed by atoms with Gasteiger partial charge in [-0.25, -0.2) is 9.97 Å². The van der Waals surface area contributed by atoms with Crippen molar-refractivity contribution in [2.24, 2.45) is 5.92 Å². The quantitative estimate of drug-likeness (QED) is 0.871. The van der Waals surface area contributed by atoms with Crippen LogP contribution in [-0.4, -0.2) is 28.3 Å². The third kappa shape index (κ3) is 5.80. The summed E-state index contributed by atoms with van der Waals surface area (Å²) in [5.74, 6) is 2.43. The van der Waals surface area contributed by atoms with E-state index in [-0.39, 0.29) is 5.54 Å². The first-order valence-corrected chi connectivity index (χ1v) is 8.69. The molecule has 1 atom stereocenters. The van der Waals surface area contributed by atoms with Gasteiger partial charge < -0.3 is 5.32 Å². The van der Waals surface area contributed by atoms with Crippen molar-refractivity contribution in [2.45, 2.75) is 59.3 Å². The van der Waals surface area contributed by atoms with Gasteiger partial charge in [-0.1, -0.05) is 6.92 Å². The molecule has 1 aromatic heterocycles. The van der Waals surface area contributed by atoms with Crippen LogP contribution in [0.4, 0.5) is 0 Å². The summed E-state index contributed by atoms with van der Waals surface area (Å²) in [6.45, 7) is 14.1. The van der Waals surface area contributed by atoms with Crippen LogP contribution in [0.1, 0.15) is 50.5 Å². The molecule has 20 heavy (non-hydrogen) atoms. The van der Waals surface area contributed by atoms with Crippen LogP contribution < -0.4 is 5.32 Å². The minimum Gasteiger partial charge on any atom is -0.312 e. The van der Waals surface area contributed by atoms with Crippen molar-refractivity contribution in [3.05, 3.63) is 22.8 Å². The molecule has 0 saturated heterocycles. The van der Waals surface area contributed by atoms with Gasteiger partial charge in [0.1, 0.15) is 5.82 Å². The van der Waals surface area contributed by atoms with Gasteiger partial charge >= 0.3 is 0 Å². The van der Waals surface area contributed by atoms with Gasteiger partial charge in [0.25, 0.3) is 0 Å². The second-order valence-corrected chi connectivity index (χ2v) is 7.53. The maximum atomic E-state index is 4.63. The molecule has 0 saturated carbocycles. The first-order valence-electron chi connectivity index (χ1n) is 7.30. The van der Waals surface area contributed by atoms with Crippen LogP contribution in [0.3, 0.4) is 0 Å². The van der Waals surface area contributed by atoms with Crippen molar-refractivity contribution in [2.75, 3.05) is 12.8 Å². The zero-order valence-electron chi connectivity index (χ0n) is 14.0. The van der Waals surface area contributed by atoms with E-state index in [1.807, 2.05) is 0 Å². The van der Waals surface area contributed by atoms with E-state index in [0.717, 1.165) is 35.9 Å². The van der Waals surface area contributed by atoms with E-state index in [1.165, 1.54) is 5.56 Å².